The largest absolute Gasteiger partial charge is 0.416 e. The second-order valence-electron chi connectivity index (χ2n) is 6.33. The molecule has 1 heterocycles. The maximum Gasteiger partial charge on any atom is 0.416 e. The highest BCUT2D eigenvalue weighted by Gasteiger charge is 2.38. The molecule has 1 aliphatic rings. The van der Waals surface area contributed by atoms with E-state index < -0.39 is 23.6 Å². The van der Waals surface area contributed by atoms with Gasteiger partial charge in [0.1, 0.15) is 5.92 Å². The zero-order valence-corrected chi connectivity index (χ0v) is 15.1. The Hall–Kier alpha value is -2.54. The lowest BCUT2D eigenvalue weighted by atomic mass is 10.1. The van der Waals surface area contributed by atoms with E-state index in [2.05, 4.69) is 5.32 Å². The molecule has 0 radical (unpaired) electrons. The molecule has 2 aromatic carbocycles. The second kappa shape index (κ2) is 7.23. The van der Waals surface area contributed by atoms with Crippen LogP contribution in [0, 0.1) is 12.8 Å². The quantitative estimate of drug-likeness (QED) is 0.767. The number of benzene rings is 2. The molecule has 1 atom stereocenters. The molecule has 1 N–H and O–H groups in total. The Morgan fingerprint density at radius 3 is 2.48 bits per heavy atom. The molecule has 142 valence electrons. The minimum atomic E-state index is -4.45. The molecule has 2 amide bonds. The van der Waals surface area contributed by atoms with Gasteiger partial charge in [0.2, 0.25) is 11.8 Å². The van der Waals surface area contributed by atoms with Crippen LogP contribution in [-0.2, 0) is 15.8 Å². The summed E-state index contributed by atoms with van der Waals surface area (Å²) < 4.78 is 37.8. The van der Waals surface area contributed by atoms with Gasteiger partial charge in [-0.3, -0.25) is 9.59 Å². The predicted octanol–water partition coefficient (Wildman–Crippen LogP) is 4.66. The van der Waals surface area contributed by atoms with Crippen molar-refractivity contribution in [2.45, 2.75) is 19.5 Å². The van der Waals surface area contributed by atoms with Crippen molar-refractivity contribution in [1.29, 1.82) is 0 Å². The van der Waals surface area contributed by atoms with Crippen LogP contribution in [0.1, 0.15) is 17.5 Å². The maximum absolute atomic E-state index is 12.7. The monoisotopic (exact) mass is 396 g/mol. The van der Waals surface area contributed by atoms with Crippen molar-refractivity contribution in [2.24, 2.45) is 5.92 Å². The molecule has 0 saturated carbocycles. The van der Waals surface area contributed by atoms with Crippen LogP contribution >= 0.6 is 11.6 Å². The number of carbonyl (C=O) groups excluding carboxylic acids is 2. The first kappa shape index (κ1) is 19.2. The van der Waals surface area contributed by atoms with Crippen molar-refractivity contribution < 1.29 is 22.8 Å². The van der Waals surface area contributed by atoms with Crippen LogP contribution in [0.4, 0.5) is 24.5 Å². The standard InChI is InChI=1S/C19H16ClF3N2O2/c1-11-2-5-13(20)10-16(11)25-9-8-15(18(25)27)17(26)24-14-6-3-12(4-7-14)19(21,22)23/h2-7,10,15H,8-9H2,1H3,(H,24,26)/t15-/m1/s1. The summed E-state index contributed by atoms with van der Waals surface area (Å²) in [4.78, 5) is 26.6. The number of halogens is 4. The van der Waals surface area contributed by atoms with E-state index in [0.29, 0.717) is 23.7 Å². The summed E-state index contributed by atoms with van der Waals surface area (Å²) in [7, 11) is 0. The van der Waals surface area contributed by atoms with E-state index >= 15 is 0 Å². The highest BCUT2D eigenvalue weighted by Crippen LogP contribution is 2.32. The molecular weight excluding hydrogens is 381 g/mol. The highest BCUT2D eigenvalue weighted by molar-refractivity contribution is 6.31. The fraction of sp³-hybridized carbons (Fsp3) is 0.263. The van der Waals surface area contributed by atoms with Gasteiger partial charge in [-0.2, -0.15) is 13.2 Å². The fourth-order valence-electron chi connectivity index (χ4n) is 3.01. The minimum absolute atomic E-state index is 0.207. The van der Waals surface area contributed by atoms with Gasteiger partial charge in [-0.05, 0) is 55.3 Å². The van der Waals surface area contributed by atoms with E-state index in [0.717, 1.165) is 17.7 Å². The lowest BCUT2D eigenvalue weighted by Gasteiger charge is -2.19. The molecule has 27 heavy (non-hydrogen) atoms. The summed E-state index contributed by atoms with van der Waals surface area (Å²) in [5, 5.41) is 3.00. The van der Waals surface area contributed by atoms with Crippen LogP contribution in [0.2, 0.25) is 5.02 Å². The molecule has 2 aromatic rings. The molecule has 0 aromatic heterocycles. The third-order valence-electron chi connectivity index (χ3n) is 4.46. The summed E-state index contributed by atoms with van der Waals surface area (Å²) in [5.41, 5.74) is 0.909. The third-order valence-corrected chi connectivity index (χ3v) is 4.70. The van der Waals surface area contributed by atoms with Gasteiger partial charge in [-0.1, -0.05) is 17.7 Å². The average molecular weight is 397 g/mol. The van der Waals surface area contributed by atoms with Crippen LogP contribution in [0.15, 0.2) is 42.5 Å². The van der Waals surface area contributed by atoms with Gasteiger partial charge in [0.05, 0.1) is 5.56 Å². The third kappa shape index (κ3) is 4.08. The van der Waals surface area contributed by atoms with Gasteiger partial charge < -0.3 is 10.2 Å². The van der Waals surface area contributed by atoms with Crippen LogP contribution in [0.3, 0.4) is 0 Å². The molecule has 8 heteroatoms. The number of nitrogens with one attached hydrogen (secondary N) is 1. The first-order valence-electron chi connectivity index (χ1n) is 8.22. The molecule has 0 aliphatic carbocycles. The SMILES string of the molecule is Cc1ccc(Cl)cc1N1CC[C@H](C(=O)Nc2ccc(C(F)(F)F)cc2)C1=O. The Morgan fingerprint density at radius 2 is 1.85 bits per heavy atom. The van der Waals surface area contributed by atoms with E-state index in [-0.39, 0.29) is 11.6 Å². The van der Waals surface area contributed by atoms with Crippen LogP contribution in [-0.4, -0.2) is 18.4 Å². The van der Waals surface area contributed by atoms with Crippen LogP contribution in [0.25, 0.3) is 0 Å². The topological polar surface area (TPSA) is 49.4 Å². The Balaban J connectivity index is 1.71. The number of carbonyl (C=O) groups is 2. The number of nitrogens with zero attached hydrogens (tertiary/aromatic N) is 1. The van der Waals surface area contributed by atoms with Gasteiger partial charge in [0.25, 0.3) is 0 Å². The van der Waals surface area contributed by atoms with Crippen molar-refractivity contribution in [3.05, 3.63) is 58.6 Å². The number of hydrogen-bond acceptors (Lipinski definition) is 2. The smallest absolute Gasteiger partial charge is 0.325 e. The van der Waals surface area contributed by atoms with Crippen molar-refractivity contribution in [1.82, 2.24) is 0 Å². The molecule has 1 saturated heterocycles. The van der Waals surface area contributed by atoms with Gasteiger partial charge in [0.15, 0.2) is 0 Å². The summed E-state index contributed by atoms with van der Waals surface area (Å²) in [6.45, 7) is 2.21. The van der Waals surface area contributed by atoms with E-state index in [1.807, 2.05) is 6.92 Å². The van der Waals surface area contributed by atoms with Gasteiger partial charge in [0, 0.05) is 22.9 Å². The normalized spacial score (nSPS) is 17.3. The number of anilines is 2. The summed E-state index contributed by atoms with van der Waals surface area (Å²) in [5.74, 6) is -1.79. The Bertz CT molecular complexity index is 882. The van der Waals surface area contributed by atoms with Gasteiger partial charge in [-0.25, -0.2) is 0 Å². The van der Waals surface area contributed by atoms with Crippen molar-refractivity contribution in [2.75, 3.05) is 16.8 Å². The van der Waals surface area contributed by atoms with Crippen molar-refractivity contribution in [3.8, 4) is 0 Å². The number of amides is 2. The predicted molar refractivity (Wildman–Crippen MR) is 96.7 cm³/mol. The number of alkyl halides is 3. The highest BCUT2D eigenvalue weighted by atomic mass is 35.5. The molecule has 3 rings (SSSR count). The van der Waals surface area contributed by atoms with E-state index in [9.17, 15) is 22.8 Å². The molecule has 1 fully saturated rings. The zero-order valence-electron chi connectivity index (χ0n) is 14.3. The lowest BCUT2D eigenvalue weighted by molar-refractivity contribution is -0.137. The van der Waals surface area contributed by atoms with Crippen LogP contribution < -0.4 is 10.2 Å². The van der Waals surface area contributed by atoms with Gasteiger partial charge >= 0.3 is 6.18 Å². The molecule has 0 unspecified atom stereocenters. The summed E-state index contributed by atoms with van der Waals surface area (Å²) >= 11 is 6.00. The Labute approximate surface area is 158 Å². The maximum atomic E-state index is 12.7. The van der Waals surface area contributed by atoms with Crippen molar-refractivity contribution >= 4 is 34.8 Å². The van der Waals surface area contributed by atoms with E-state index in [4.69, 9.17) is 11.6 Å². The first-order valence-corrected chi connectivity index (χ1v) is 8.60. The van der Waals surface area contributed by atoms with E-state index in [1.165, 1.54) is 17.0 Å². The summed E-state index contributed by atoms with van der Waals surface area (Å²) in [6, 6.07) is 9.28. The fourth-order valence-corrected chi connectivity index (χ4v) is 3.17. The number of rotatable bonds is 3. The number of hydrogen-bond donors (Lipinski definition) is 1. The average Bonchev–Trinajstić information content (AvgIpc) is 2.98. The Morgan fingerprint density at radius 1 is 1.19 bits per heavy atom. The van der Waals surface area contributed by atoms with Gasteiger partial charge in [-0.15, -0.1) is 0 Å². The van der Waals surface area contributed by atoms with Crippen molar-refractivity contribution in [3.63, 3.8) is 0 Å². The molecular formula is C19H16ClF3N2O2. The lowest BCUT2D eigenvalue weighted by Crippen LogP contribution is -2.33. The molecule has 0 spiro atoms. The molecule has 1 aliphatic heterocycles. The zero-order chi connectivity index (χ0) is 19.8. The second-order valence-corrected chi connectivity index (χ2v) is 6.76. The first-order chi connectivity index (χ1) is 12.7. The summed E-state index contributed by atoms with van der Waals surface area (Å²) in [6.07, 6.45) is -4.13. The van der Waals surface area contributed by atoms with E-state index in [1.54, 1.807) is 18.2 Å². The number of aryl methyl sites for hydroxylation is 1. The minimum Gasteiger partial charge on any atom is -0.325 e. The molecule has 4 nitrogen and oxygen atoms in total. The molecule has 0 bridgehead atoms. The van der Waals surface area contributed by atoms with Crippen LogP contribution in [0.5, 0.6) is 0 Å². The Kier molecular flexibility index (Phi) is 5.15.